The van der Waals surface area contributed by atoms with Crippen molar-refractivity contribution in [3.63, 3.8) is 0 Å². The number of rotatable bonds is 5. The number of carbonyl (C=O) groups is 1. The van der Waals surface area contributed by atoms with Gasteiger partial charge < -0.3 is 10.6 Å². The molecule has 2 amide bonds. The Morgan fingerprint density at radius 1 is 1.09 bits per heavy atom. The number of aryl methyl sites for hydroxylation is 1. The number of benzene rings is 3. The third-order valence-electron chi connectivity index (χ3n) is 6.01. The summed E-state index contributed by atoms with van der Waals surface area (Å²) in [7, 11) is 0. The highest BCUT2D eigenvalue weighted by Gasteiger charge is 2.25. The summed E-state index contributed by atoms with van der Waals surface area (Å²) in [5, 5.41) is 20.8. The Balaban J connectivity index is 1.36. The van der Waals surface area contributed by atoms with Crippen LogP contribution in [0.15, 0.2) is 84.1 Å². The highest BCUT2D eigenvalue weighted by Crippen LogP contribution is 2.30. The Kier molecular flexibility index (Phi) is 6.09. The second kappa shape index (κ2) is 9.49. The molecule has 35 heavy (non-hydrogen) atoms. The normalized spacial score (nSPS) is 12.0. The Morgan fingerprint density at radius 2 is 1.86 bits per heavy atom. The van der Waals surface area contributed by atoms with Gasteiger partial charge in [-0.05, 0) is 47.9 Å². The number of hydrogen-bond donors (Lipinski definition) is 2. The zero-order valence-corrected chi connectivity index (χ0v) is 19.8. The summed E-state index contributed by atoms with van der Waals surface area (Å²) < 4.78 is 1.77. The van der Waals surface area contributed by atoms with Crippen molar-refractivity contribution >= 4 is 34.7 Å². The Hall–Kier alpha value is -4.34. The van der Waals surface area contributed by atoms with Gasteiger partial charge in [0.2, 0.25) is 0 Å². The minimum absolute atomic E-state index is 0.343. The molecular weight excluding hydrogens is 458 g/mol. The van der Waals surface area contributed by atoms with Crippen LogP contribution in [0.3, 0.4) is 0 Å². The molecule has 0 saturated carbocycles. The highest BCUT2D eigenvalue weighted by molar-refractivity contribution is 6.34. The van der Waals surface area contributed by atoms with Crippen molar-refractivity contribution < 1.29 is 4.79 Å². The lowest BCUT2D eigenvalue weighted by atomic mass is 10.00. The fourth-order valence-corrected chi connectivity index (χ4v) is 4.46. The largest absolute Gasteiger partial charge is 0.323 e. The molecule has 4 aromatic rings. The van der Waals surface area contributed by atoms with Crippen LogP contribution in [-0.4, -0.2) is 16.4 Å². The summed E-state index contributed by atoms with van der Waals surface area (Å²) in [5.74, 6) is 0. The van der Waals surface area contributed by atoms with Crippen LogP contribution in [-0.2, 0) is 12.8 Å². The second-order valence-corrected chi connectivity index (χ2v) is 8.81. The van der Waals surface area contributed by atoms with E-state index in [9.17, 15) is 10.1 Å². The van der Waals surface area contributed by atoms with Crippen LogP contribution < -0.4 is 10.6 Å². The maximum absolute atomic E-state index is 12.5. The SMILES string of the molecule is Cc1ccccc1NC(=O)Nc1ccc(Cl)c(C2=Nn3cc(Cc4ccccc4)c(C#N)c3C2)c1. The van der Waals surface area contributed by atoms with Crippen molar-refractivity contribution in [2.75, 3.05) is 10.6 Å². The number of aromatic nitrogens is 1. The summed E-state index contributed by atoms with van der Waals surface area (Å²) in [6.07, 6.45) is 3.07. The van der Waals surface area contributed by atoms with Crippen LogP contribution in [0.5, 0.6) is 0 Å². The molecule has 2 heterocycles. The van der Waals surface area contributed by atoms with Gasteiger partial charge in [-0.3, -0.25) is 0 Å². The maximum Gasteiger partial charge on any atom is 0.323 e. The van der Waals surface area contributed by atoms with Crippen LogP contribution in [0.25, 0.3) is 0 Å². The smallest absolute Gasteiger partial charge is 0.308 e. The van der Waals surface area contributed by atoms with E-state index in [0.29, 0.717) is 29.1 Å². The first-order valence-corrected chi connectivity index (χ1v) is 11.6. The predicted octanol–water partition coefficient (Wildman–Crippen LogP) is 6.36. The van der Waals surface area contributed by atoms with Crippen molar-refractivity contribution in [2.24, 2.45) is 5.10 Å². The number of nitrogens with zero attached hydrogens (tertiary/aromatic N) is 3. The number of hydrogen-bond acceptors (Lipinski definition) is 3. The van der Waals surface area contributed by atoms with Crippen molar-refractivity contribution in [1.29, 1.82) is 5.26 Å². The van der Waals surface area contributed by atoms with E-state index in [4.69, 9.17) is 16.7 Å². The molecule has 0 saturated heterocycles. The van der Waals surface area contributed by atoms with Crippen LogP contribution in [0.4, 0.5) is 16.2 Å². The van der Waals surface area contributed by atoms with Gasteiger partial charge in [-0.15, -0.1) is 0 Å². The third-order valence-corrected chi connectivity index (χ3v) is 6.33. The number of nitrogens with one attached hydrogen (secondary N) is 2. The van der Waals surface area contributed by atoms with Crippen molar-refractivity contribution in [3.05, 3.63) is 118 Å². The maximum atomic E-state index is 12.5. The van der Waals surface area contributed by atoms with Crippen LogP contribution in [0, 0.1) is 18.3 Å². The lowest BCUT2D eigenvalue weighted by Crippen LogP contribution is -2.20. The molecule has 0 fully saturated rings. The summed E-state index contributed by atoms with van der Waals surface area (Å²) in [6, 6.07) is 24.9. The number of carbonyl (C=O) groups excluding carboxylic acids is 1. The molecule has 2 N–H and O–H groups in total. The molecule has 1 aliphatic rings. The molecule has 3 aromatic carbocycles. The number of para-hydroxylation sites is 1. The second-order valence-electron chi connectivity index (χ2n) is 8.41. The van der Waals surface area contributed by atoms with Gasteiger partial charge in [0.1, 0.15) is 6.07 Å². The Labute approximate surface area is 208 Å². The van der Waals surface area contributed by atoms with Gasteiger partial charge >= 0.3 is 6.03 Å². The van der Waals surface area contributed by atoms with Crippen LogP contribution in [0.1, 0.15) is 33.5 Å². The number of amides is 2. The lowest BCUT2D eigenvalue weighted by Gasteiger charge is -2.11. The third kappa shape index (κ3) is 4.68. The fourth-order valence-electron chi connectivity index (χ4n) is 4.23. The van der Waals surface area contributed by atoms with Gasteiger partial charge in [0.05, 0.1) is 17.0 Å². The van der Waals surface area contributed by atoms with Crippen molar-refractivity contribution in [2.45, 2.75) is 19.8 Å². The molecule has 172 valence electrons. The summed E-state index contributed by atoms with van der Waals surface area (Å²) >= 11 is 6.50. The lowest BCUT2D eigenvalue weighted by molar-refractivity contribution is 0.262. The number of nitriles is 1. The molecule has 0 unspecified atom stereocenters. The monoisotopic (exact) mass is 479 g/mol. The quantitative estimate of drug-likeness (QED) is 0.349. The van der Waals surface area contributed by atoms with E-state index >= 15 is 0 Å². The summed E-state index contributed by atoms with van der Waals surface area (Å²) in [6.45, 7) is 1.93. The average molecular weight is 480 g/mol. The van der Waals surface area contributed by atoms with E-state index in [-0.39, 0.29) is 6.03 Å². The molecular formula is C28H22ClN5O. The Morgan fingerprint density at radius 3 is 2.63 bits per heavy atom. The van der Waals surface area contributed by atoms with E-state index < -0.39 is 0 Å². The number of urea groups is 1. The number of fused-ring (bicyclic) bond motifs is 1. The summed E-state index contributed by atoms with van der Waals surface area (Å²) in [4.78, 5) is 12.5. The van der Waals surface area contributed by atoms with Crippen molar-refractivity contribution in [3.8, 4) is 6.07 Å². The Bertz CT molecular complexity index is 1500. The molecule has 0 atom stereocenters. The van der Waals surface area contributed by atoms with Gasteiger partial charge in [-0.1, -0.05) is 60.1 Å². The number of halogens is 1. The molecule has 5 rings (SSSR count). The topological polar surface area (TPSA) is 82.2 Å². The van der Waals surface area contributed by atoms with Crippen LogP contribution >= 0.6 is 11.6 Å². The minimum Gasteiger partial charge on any atom is -0.308 e. The molecule has 6 nitrogen and oxygen atoms in total. The standard InChI is InChI=1S/C28H22ClN5O/c1-18-7-5-6-10-25(18)32-28(35)31-21-11-12-24(29)22(14-21)26-15-27-23(16-30)20(17-34(27)33-26)13-19-8-3-2-4-9-19/h2-12,14,17H,13,15H2,1H3,(H2,31,32,35). The zero-order valence-electron chi connectivity index (χ0n) is 19.0. The minimum atomic E-state index is -0.343. The van der Waals surface area contributed by atoms with E-state index in [1.54, 1.807) is 16.8 Å². The van der Waals surface area contributed by atoms with Crippen LogP contribution in [0.2, 0.25) is 5.02 Å². The molecule has 0 spiro atoms. The first-order valence-electron chi connectivity index (χ1n) is 11.2. The van der Waals surface area contributed by atoms with E-state index in [2.05, 4.69) is 16.7 Å². The van der Waals surface area contributed by atoms with Gasteiger partial charge in [0.15, 0.2) is 0 Å². The molecule has 1 aromatic heterocycles. The molecule has 0 radical (unpaired) electrons. The van der Waals surface area contributed by atoms with Gasteiger partial charge in [-0.2, -0.15) is 10.4 Å². The predicted molar refractivity (Wildman–Crippen MR) is 139 cm³/mol. The van der Waals surface area contributed by atoms with E-state index in [1.165, 1.54) is 0 Å². The highest BCUT2D eigenvalue weighted by atomic mass is 35.5. The molecule has 0 aliphatic carbocycles. The molecule has 7 heteroatoms. The first kappa shape index (κ1) is 22.5. The van der Waals surface area contributed by atoms with Crippen molar-refractivity contribution in [1.82, 2.24) is 4.68 Å². The van der Waals surface area contributed by atoms with E-state index in [1.807, 2.05) is 73.8 Å². The fraction of sp³-hybridized carbons (Fsp3) is 0.107. The first-order chi connectivity index (χ1) is 17.0. The number of anilines is 2. The molecule has 1 aliphatic heterocycles. The van der Waals surface area contributed by atoms with Gasteiger partial charge in [0.25, 0.3) is 0 Å². The van der Waals surface area contributed by atoms with Gasteiger partial charge in [0, 0.05) is 41.0 Å². The zero-order chi connectivity index (χ0) is 24.4. The average Bonchev–Trinajstić information content (AvgIpc) is 3.39. The van der Waals surface area contributed by atoms with E-state index in [0.717, 1.165) is 39.3 Å². The van der Waals surface area contributed by atoms with Gasteiger partial charge in [-0.25, -0.2) is 9.47 Å². The summed E-state index contributed by atoms with van der Waals surface area (Å²) in [5.41, 5.74) is 7.37. The molecule has 0 bridgehead atoms.